The molecule has 2 aliphatic rings. The summed E-state index contributed by atoms with van der Waals surface area (Å²) in [6.07, 6.45) is 3.67. The number of hydrogen-bond acceptors (Lipinski definition) is 10. The van der Waals surface area contributed by atoms with Crippen LogP contribution in [0.4, 0.5) is 0 Å². The number of halogens is 3. The number of nitrogens with two attached hydrogens (primary N) is 1. The van der Waals surface area contributed by atoms with Crippen molar-refractivity contribution in [2.75, 3.05) is 31.5 Å². The minimum absolute atomic E-state index is 0.0165. The molecule has 50 heavy (non-hydrogen) atoms. The first kappa shape index (κ1) is 44.1. The number of sulfonamides is 1. The second kappa shape index (κ2) is 20.1. The third-order valence-corrected chi connectivity index (χ3v) is 8.77. The predicted molar refractivity (Wildman–Crippen MR) is 200 cm³/mol. The van der Waals surface area contributed by atoms with Crippen molar-refractivity contribution in [1.82, 2.24) is 14.7 Å². The Kier molecular flexibility index (Phi) is 17.7. The Hall–Kier alpha value is -3.93. The number of hydrogen-bond donors (Lipinski definition) is 2. The molecule has 0 atom stereocenters. The minimum atomic E-state index is -3.84. The molecule has 0 radical (unpaired) electrons. The molecular formula is C31H41Cl3N10O4S2. The molecule has 0 amide bonds. The number of benzene rings is 2. The molecule has 0 saturated heterocycles. The summed E-state index contributed by atoms with van der Waals surface area (Å²) in [5.41, 5.74) is 6.19. The van der Waals surface area contributed by atoms with E-state index < -0.39 is 19.1 Å². The van der Waals surface area contributed by atoms with Crippen LogP contribution in [0, 0.1) is 33.5 Å². The van der Waals surface area contributed by atoms with E-state index in [1.807, 2.05) is 46.0 Å². The second-order valence-electron chi connectivity index (χ2n) is 11.6. The molecule has 0 bridgehead atoms. The van der Waals surface area contributed by atoms with Gasteiger partial charge in [-0.1, -0.05) is 39.8 Å². The fourth-order valence-electron chi connectivity index (χ4n) is 3.85. The summed E-state index contributed by atoms with van der Waals surface area (Å²) < 4.78 is 49.0. The lowest BCUT2D eigenvalue weighted by Gasteiger charge is -2.21. The summed E-state index contributed by atoms with van der Waals surface area (Å²) in [5, 5.41) is 29.2. The highest BCUT2D eigenvalue weighted by Crippen LogP contribution is 2.22. The van der Waals surface area contributed by atoms with Gasteiger partial charge in [0.25, 0.3) is 19.1 Å². The minimum Gasteiger partial charge on any atom is -0.368 e. The van der Waals surface area contributed by atoms with Crippen LogP contribution < -0.4 is 10.5 Å². The van der Waals surface area contributed by atoms with E-state index >= 15 is 0 Å². The number of nitrogens with zero attached hydrogens (tertiary/aromatic N) is 8. The summed E-state index contributed by atoms with van der Waals surface area (Å²) in [5.74, 6) is 0.691. The molecule has 272 valence electrons. The van der Waals surface area contributed by atoms with Gasteiger partial charge < -0.3 is 5.73 Å². The SMILES string of the molecule is CCN=C(N)N1CC(C)(C)C=N1.CCN=C(NS(=O)(=O)c1cccc(C#N)c1)N1CC(C)(C)C=N1.ClCCl.N#Cc1cccc(S(=O)(=O)Cl)c1. The molecule has 19 heteroatoms. The van der Waals surface area contributed by atoms with Crippen molar-refractivity contribution in [2.45, 2.75) is 51.3 Å². The molecule has 3 N–H and O–H groups in total. The first-order chi connectivity index (χ1) is 23.3. The third kappa shape index (κ3) is 15.3. The largest absolute Gasteiger partial charge is 0.368 e. The molecule has 2 heterocycles. The maximum atomic E-state index is 12.5. The van der Waals surface area contributed by atoms with Gasteiger partial charge in [0.2, 0.25) is 11.9 Å². The fourth-order valence-corrected chi connectivity index (χ4v) is 5.71. The van der Waals surface area contributed by atoms with Crippen LogP contribution in [-0.4, -0.2) is 82.7 Å². The van der Waals surface area contributed by atoms with Crippen LogP contribution in [0.1, 0.15) is 52.7 Å². The van der Waals surface area contributed by atoms with E-state index in [4.69, 9.17) is 50.1 Å². The van der Waals surface area contributed by atoms with Crippen LogP contribution in [-0.2, 0) is 19.1 Å². The lowest BCUT2D eigenvalue weighted by molar-refractivity contribution is 0.379. The van der Waals surface area contributed by atoms with Gasteiger partial charge in [-0.15, -0.1) is 23.2 Å². The maximum Gasteiger partial charge on any atom is 0.264 e. The number of alkyl halides is 2. The summed E-state index contributed by atoms with van der Waals surface area (Å²) in [6, 6.07) is 15.1. The predicted octanol–water partition coefficient (Wildman–Crippen LogP) is 5.10. The standard InChI is InChI=1S/C15H19N5O2S.C8H16N4.C7H4ClNO2S.CH2Cl2/c1-4-17-14(20-11-15(2,3)10-18-20)19-23(21,22)13-7-5-6-12(8-13)9-16;1-4-10-7(9)12-6-8(2,3)5-11-12;8-12(10,11)7-3-1-2-6(4-7)5-9;2-1-3/h5-8,10H,4,11H2,1-3H3,(H,17,19);5H,4,6H2,1-3H3,(H2,9,10);1-4H;1H2. The summed E-state index contributed by atoms with van der Waals surface area (Å²) in [7, 11) is -2.50. The first-order valence-electron chi connectivity index (χ1n) is 14.9. The monoisotopic (exact) mass is 786 g/mol. The highest BCUT2D eigenvalue weighted by Gasteiger charge is 2.30. The van der Waals surface area contributed by atoms with Gasteiger partial charge in [-0.2, -0.15) is 20.7 Å². The lowest BCUT2D eigenvalue weighted by Crippen LogP contribution is -2.42. The van der Waals surface area contributed by atoms with E-state index in [9.17, 15) is 16.8 Å². The number of hydrazone groups is 2. The van der Waals surface area contributed by atoms with Crippen LogP contribution in [0.3, 0.4) is 0 Å². The smallest absolute Gasteiger partial charge is 0.264 e. The van der Waals surface area contributed by atoms with Gasteiger partial charge in [-0.3, -0.25) is 9.98 Å². The molecule has 2 aliphatic heterocycles. The number of nitrogens with one attached hydrogen (secondary N) is 1. The second-order valence-corrected chi connectivity index (χ2v) is 16.7. The van der Waals surface area contributed by atoms with Crippen LogP contribution in [0.25, 0.3) is 0 Å². The first-order valence-corrected chi connectivity index (χ1v) is 19.7. The van der Waals surface area contributed by atoms with Gasteiger partial charge in [-0.25, -0.2) is 31.6 Å². The molecule has 0 aliphatic carbocycles. The lowest BCUT2D eigenvalue weighted by atomic mass is 9.97. The highest BCUT2D eigenvalue weighted by atomic mass is 35.7. The zero-order valence-electron chi connectivity index (χ0n) is 28.5. The number of guanidine groups is 2. The molecule has 2 aromatic rings. The van der Waals surface area contributed by atoms with E-state index in [2.05, 4.69) is 38.8 Å². The van der Waals surface area contributed by atoms with Gasteiger partial charge in [0.05, 0.1) is 51.5 Å². The normalized spacial score (nSPS) is 16.1. The van der Waals surface area contributed by atoms with Gasteiger partial charge in [0.15, 0.2) is 0 Å². The average molecular weight is 788 g/mol. The zero-order chi connectivity index (χ0) is 38.2. The van der Waals surface area contributed by atoms with Gasteiger partial charge in [0.1, 0.15) is 0 Å². The summed E-state index contributed by atoms with van der Waals surface area (Å²) in [4.78, 5) is 8.24. The van der Waals surface area contributed by atoms with Crippen molar-refractivity contribution < 1.29 is 16.8 Å². The van der Waals surface area contributed by atoms with E-state index in [0.29, 0.717) is 25.6 Å². The quantitative estimate of drug-likeness (QED) is 0.179. The highest BCUT2D eigenvalue weighted by molar-refractivity contribution is 8.13. The molecular weight excluding hydrogens is 747 g/mol. The van der Waals surface area contributed by atoms with E-state index in [-0.39, 0.29) is 43.0 Å². The van der Waals surface area contributed by atoms with Crippen LogP contribution in [0.5, 0.6) is 0 Å². The number of nitriles is 2. The Morgan fingerprint density at radius 2 is 1.30 bits per heavy atom. The van der Waals surface area contributed by atoms with Crippen LogP contribution in [0.2, 0.25) is 0 Å². The Bertz CT molecular complexity index is 1870. The van der Waals surface area contributed by atoms with Crippen molar-refractivity contribution in [2.24, 2.45) is 36.8 Å². The van der Waals surface area contributed by atoms with Crippen molar-refractivity contribution in [3.05, 3.63) is 59.7 Å². The van der Waals surface area contributed by atoms with E-state index in [1.165, 1.54) is 47.5 Å². The van der Waals surface area contributed by atoms with Gasteiger partial charge >= 0.3 is 0 Å². The van der Waals surface area contributed by atoms with Crippen LogP contribution in [0.15, 0.2) is 78.5 Å². The average Bonchev–Trinajstić information content (AvgIpc) is 3.62. The number of rotatable bonds is 5. The van der Waals surface area contributed by atoms with Gasteiger partial charge in [-0.05, 0) is 50.2 Å². The molecule has 2 aromatic carbocycles. The van der Waals surface area contributed by atoms with Gasteiger partial charge in [0, 0.05) is 47.0 Å². The van der Waals surface area contributed by atoms with E-state index in [0.717, 1.165) is 6.54 Å². The molecule has 0 spiro atoms. The Balaban J connectivity index is 0.000000391. The summed E-state index contributed by atoms with van der Waals surface area (Å²) in [6.45, 7) is 14.5. The van der Waals surface area contributed by atoms with Crippen molar-refractivity contribution in [1.29, 1.82) is 10.5 Å². The summed E-state index contributed by atoms with van der Waals surface area (Å²) >= 11 is 9.53. The maximum absolute atomic E-state index is 12.5. The molecule has 0 fully saturated rings. The Morgan fingerprint density at radius 3 is 1.70 bits per heavy atom. The van der Waals surface area contributed by atoms with Crippen molar-refractivity contribution in [3.63, 3.8) is 0 Å². The molecule has 0 aromatic heterocycles. The molecule has 0 saturated carbocycles. The third-order valence-electron chi connectivity index (χ3n) is 6.09. The Morgan fingerprint density at radius 1 is 0.860 bits per heavy atom. The molecule has 14 nitrogen and oxygen atoms in total. The Labute approximate surface area is 309 Å². The van der Waals surface area contributed by atoms with Crippen LogP contribution >= 0.6 is 33.9 Å². The molecule has 4 rings (SSSR count). The van der Waals surface area contributed by atoms with Crippen molar-refractivity contribution in [3.8, 4) is 12.1 Å². The van der Waals surface area contributed by atoms with Crippen molar-refractivity contribution >= 4 is 77.3 Å². The molecule has 0 unspecified atom stereocenters. The zero-order valence-corrected chi connectivity index (χ0v) is 32.4. The number of aliphatic imine (C=N–C) groups is 2. The van der Waals surface area contributed by atoms with E-state index in [1.54, 1.807) is 17.3 Å². The fraction of sp³-hybridized carbons (Fsp3) is 0.419. The topological polar surface area (TPSA) is 210 Å².